The fourth-order valence-electron chi connectivity index (χ4n) is 4.51. The summed E-state index contributed by atoms with van der Waals surface area (Å²) in [6.45, 7) is 6.36. The first-order valence-electron chi connectivity index (χ1n) is 12.0. The summed E-state index contributed by atoms with van der Waals surface area (Å²) in [5.74, 6) is 1.10. The number of nitrogens with zero attached hydrogens (tertiary/aromatic N) is 1. The first-order valence-corrected chi connectivity index (χ1v) is 12.0. The van der Waals surface area contributed by atoms with E-state index in [4.69, 9.17) is 10.1 Å². The van der Waals surface area contributed by atoms with Crippen molar-refractivity contribution in [1.82, 2.24) is 10.3 Å². The summed E-state index contributed by atoms with van der Waals surface area (Å²) in [7, 11) is 0. The first kappa shape index (κ1) is 22.8. The van der Waals surface area contributed by atoms with Crippen LogP contribution in [0.3, 0.4) is 0 Å². The Kier molecular flexibility index (Phi) is 6.33. The van der Waals surface area contributed by atoms with Crippen LogP contribution in [0.15, 0.2) is 72.7 Å². The predicted octanol–water partition coefficient (Wildman–Crippen LogP) is 3.22. The monoisotopic (exact) mass is 468 g/mol. The van der Waals surface area contributed by atoms with Crippen molar-refractivity contribution in [2.24, 2.45) is 0 Å². The van der Waals surface area contributed by atoms with Gasteiger partial charge in [0.2, 0.25) is 5.70 Å². The number of anilines is 1. The van der Waals surface area contributed by atoms with Crippen LogP contribution in [0.1, 0.15) is 48.1 Å². The molecule has 1 amide bonds. The number of aromatic nitrogens is 1. The van der Waals surface area contributed by atoms with Gasteiger partial charge >= 0.3 is 5.91 Å². The number of quaternary nitrogens is 1. The van der Waals surface area contributed by atoms with E-state index in [2.05, 4.69) is 53.7 Å². The maximum Gasteiger partial charge on any atom is 0.306 e. The highest BCUT2D eigenvalue weighted by Crippen LogP contribution is 2.37. The molecule has 1 atom stereocenters. The molecule has 0 spiro atoms. The van der Waals surface area contributed by atoms with E-state index in [0.29, 0.717) is 35.8 Å². The van der Waals surface area contributed by atoms with Crippen LogP contribution in [0.4, 0.5) is 5.69 Å². The standard InChI is InChI=1S/C28H29N5O2/c1-17(2)18-3-5-19(6-4-18)24-16-33-22-15-21(7-8-23(22)35-24)25(27-28(34)32-14-13-31-27)26(29)20-9-11-30-12-10-20/h3-12,15,17,24,29,31,33H,13-14,16H2,1-2H3,(H,32,34)/p+1/b27-25-,29-26?. The van der Waals surface area contributed by atoms with Crippen LogP contribution < -0.4 is 20.7 Å². The Morgan fingerprint density at radius 1 is 1.06 bits per heavy atom. The van der Waals surface area contributed by atoms with Gasteiger partial charge in [0.25, 0.3) is 0 Å². The number of carbonyl (C=O) groups excluding carboxylic acids is 1. The lowest BCUT2D eigenvalue weighted by Crippen LogP contribution is -2.89. The molecule has 1 fully saturated rings. The van der Waals surface area contributed by atoms with Gasteiger partial charge in [-0.1, -0.05) is 44.2 Å². The zero-order chi connectivity index (χ0) is 24.4. The molecule has 0 saturated carbocycles. The van der Waals surface area contributed by atoms with Gasteiger partial charge in [-0.2, -0.15) is 0 Å². The number of benzene rings is 2. The summed E-state index contributed by atoms with van der Waals surface area (Å²) in [5.41, 5.74) is 6.22. The third kappa shape index (κ3) is 4.68. The second-order valence-electron chi connectivity index (χ2n) is 9.17. The van der Waals surface area contributed by atoms with Gasteiger partial charge in [-0.3, -0.25) is 15.2 Å². The summed E-state index contributed by atoms with van der Waals surface area (Å²) < 4.78 is 6.34. The van der Waals surface area contributed by atoms with Crippen molar-refractivity contribution in [2.45, 2.75) is 25.9 Å². The largest absolute Gasteiger partial charge is 0.482 e. The number of rotatable bonds is 5. The molecule has 7 heteroatoms. The molecule has 1 saturated heterocycles. The van der Waals surface area contributed by atoms with Crippen molar-refractivity contribution in [3.05, 3.63) is 94.9 Å². The molecule has 35 heavy (non-hydrogen) atoms. The fraction of sp³-hybridized carbons (Fsp3) is 0.250. The average Bonchev–Trinajstić information content (AvgIpc) is 2.90. The van der Waals surface area contributed by atoms with E-state index in [1.165, 1.54) is 5.56 Å². The fourth-order valence-corrected chi connectivity index (χ4v) is 4.51. The van der Waals surface area contributed by atoms with E-state index in [0.717, 1.165) is 29.1 Å². The van der Waals surface area contributed by atoms with Gasteiger partial charge in [0.05, 0.1) is 36.6 Å². The highest BCUT2D eigenvalue weighted by Gasteiger charge is 2.29. The van der Waals surface area contributed by atoms with E-state index in [1.807, 2.05) is 23.5 Å². The molecule has 178 valence electrons. The molecule has 5 N–H and O–H groups in total. The number of nitrogens with one attached hydrogen (secondary N) is 3. The van der Waals surface area contributed by atoms with Crippen molar-refractivity contribution < 1.29 is 14.8 Å². The van der Waals surface area contributed by atoms with E-state index in [-0.39, 0.29) is 17.7 Å². The number of carbonyl (C=O) groups is 1. The lowest BCUT2D eigenvalue weighted by molar-refractivity contribution is -0.601. The Labute approximate surface area is 205 Å². The Morgan fingerprint density at radius 3 is 2.54 bits per heavy atom. The molecule has 0 radical (unpaired) electrons. The number of nitrogens with two attached hydrogens (primary N) is 1. The molecule has 1 aromatic heterocycles. The SMILES string of the molecule is CC(C)c1ccc(C2CNc3cc(/C(C(=N)c4ccncc4)=C4/[NH2+]CCNC4=O)ccc3O2)cc1. The van der Waals surface area contributed by atoms with Gasteiger partial charge in [0.15, 0.2) is 0 Å². The average molecular weight is 469 g/mol. The zero-order valence-corrected chi connectivity index (χ0v) is 20.0. The number of hydrogen-bond donors (Lipinski definition) is 4. The highest BCUT2D eigenvalue weighted by atomic mass is 16.5. The van der Waals surface area contributed by atoms with Crippen LogP contribution in [0.5, 0.6) is 5.75 Å². The number of allylic oxidation sites excluding steroid dienone is 1. The van der Waals surface area contributed by atoms with E-state index >= 15 is 0 Å². The van der Waals surface area contributed by atoms with Crippen LogP contribution in [-0.2, 0) is 4.79 Å². The van der Waals surface area contributed by atoms with Crippen molar-refractivity contribution in [2.75, 3.05) is 25.0 Å². The molecular weight excluding hydrogens is 438 g/mol. The summed E-state index contributed by atoms with van der Waals surface area (Å²) in [5, 5.41) is 17.3. The lowest BCUT2D eigenvalue weighted by atomic mass is 9.93. The van der Waals surface area contributed by atoms with Crippen molar-refractivity contribution in [3.8, 4) is 5.75 Å². The number of pyridine rings is 1. The number of amides is 1. The molecule has 2 aliphatic heterocycles. The molecule has 5 rings (SSSR count). The van der Waals surface area contributed by atoms with Gasteiger partial charge in [0, 0.05) is 18.0 Å². The Balaban J connectivity index is 1.47. The smallest absolute Gasteiger partial charge is 0.306 e. The van der Waals surface area contributed by atoms with Crippen LogP contribution in [-0.4, -0.2) is 36.2 Å². The van der Waals surface area contributed by atoms with Crippen molar-refractivity contribution >= 4 is 22.9 Å². The second kappa shape index (κ2) is 9.72. The Bertz CT molecular complexity index is 1280. The van der Waals surface area contributed by atoms with E-state index < -0.39 is 0 Å². The quantitative estimate of drug-likeness (QED) is 0.341. The molecular formula is C28H30N5O2+. The van der Waals surface area contributed by atoms with E-state index in [1.54, 1.807) is 24.5 Å². The van der Waals surface area contributed by atoms with E-state index in [9.17, 15) is 4.79 Å². The van der Waals surface area contributed by atoms with Crippen molar-refractivity contribution in [3.63, 3.8) is 0 Å². The van der Waals surface area contributed by atoms with Gasteiger partial charge in [-0.15, -0.1) is 0 Å². The molecule has 7 nitrogen and oxygen atoms in total. The lowest BCUT2D eigenvalue weighted by Gasteiger charge is -2.28. The minimum atomic E-state index is -0.156. The number of piperazine rings is 1. The third-order valence-electron chi connectivity index (χ3n) is 6.50. The number of hydrogen-bond acceptors (Lipinski definition) is 5. The molecule has 0 bridgehead atoms. The molecule has 0 aliphatic carbocycles. The maximum atomic E-state index is 12.7. The topological polar surface area (TPSA) is 104 Å². The van der Waals surface area contributed by atoms with Gasteiger partial charge in [-0.05, 0) is 46.9 Å². The minimum absolute atomic E-state index is 0.0834. The zero-order valence-electron chi connectivity index (χ0n) is 20.0. The summed E-state index contributed by atoms with van der Waals surface area (Å²) in [6.07, 6.45) is 3.24. The molecule has 1 unspecified atom stereocenters. The number of fused-ring (bicyclic) bond motifs is 1. The predicted molar refractivity (Wildman–Crippen MR) is 137 cm³/mol. The molecule has 3 aromatic rings. The minimum Gasteiger partial charge on any atom is -0.482 e. The normalized spacial score (nSPS) is 18.7. The third-order valence-corrected chi connectivity index (χ3v) is 6.50. The first-order chi connectivity index (χ1) is 17.0. The molecule has 2 aliphatic rings. The Morgan fingerprint density at radius 2 is 1.83 bits per heavy atom. The van der Waals surface area contributed by atoms with Crippen molar-refractivity contribution in [1.29, 1.82) is 5.41 Å². The molecule has 2 aromatic carbocycles. The Hall–Kier alpha value is -3.97. The van der Waals surface area contributed by atoms with Crippen LogP contribution >= 0.6 is 0 Å². The maximum absolute atomic E-state index is 12.7. The number of ether oxygens (including phenoxy) is 1. The van der Waals surface area contributed by atoms with Gasteiger partial charge in [-0.25, -0.2) is 0 Å². The van der Waals surface area contributed by atoms with Crippen LogP contribution in [0.2, 0.25) is 0 Å². The highest BCUT2D eigenvalue weighted by molar-refractivity contribution is 6.33. The molecule has 3 heterocycles. The summed E-state index contributed by atoms with van der Waals surface area (Å²) in [6, 6.07) is 18.0. The summed E-state index contributed by atoms with van der Waals surface area (Å²) in [4.78, 5) is 16.8. The van der Waals surface area contributed by atoms with Gasteiger partial charge in [0.1, 0.15) is 11.9 Å². The van der Waals surface area contributed by atoms with Crippen LogP contribution in [0, 0.1) is 5.41 Å². The van der Waals surface area contributed by atoms with Crippen LogP contribution in [0.25, 0.3) is 5.57 Å². The van der Waals surface area contributed by atoms with Gasteiger partial charge < -0.3 is 20.7 Å². The summed E-state index contributed by atoms with van der Waals surface area (Å²) >= 11 is 0. The second-order valence-corrected chi connectivity index (χ2v) is 9.17.